The van der Waals surface area contributed by atoms with Gasteiger partial charge in [0.2, 0.25) is 0 Å². The van der Waals surface area contributed by atoms with Crippen LogP contribution in [0.4, 0.5) is 0 Å². The van der Waals surface area contributed by atoms with Gasteiger partial charge in [-0.2, -0.15) is 0 Å². The van der Waals surface area contributed by atoms with Crippen molar-refractivity contribution in [1.29, 1.82) is 0 Å². The SMILES string of the molecule is C1=CC(C2CCCCC2)(C2CCCCC2)Cc2c1[nH]c1ccccc21. The monoisotopic (exact) mass is 333 g/mol. The van der Waals surface area contributed by atoms with Crippen molar-refractivity contribution in [3.8, 4) is 0 Å². The van der Waals surface area contributed by atoms with E-state index in [1.165, 1.54) is 87.2 Å². The van der Waals surface area contributed by atoms with Gasteiger partial charge in [-0.25, -0.2) is 0 Å². The third-order valence-electron chi connectivity index (χ3n) is 7.62. The van der Waals surface area contributed by atoms with Crippen LogP contribution in [0.5, 0.6) is 0 Å². The number of allylic oxidation sites excluding steroid dienone is 1. The molecule has 1 heterocycles. The highest BCUT2D eigenvalue weighted by molar-refractivity contribution is 5.88. The minimum atomic E-state index is 0.429. The standard InChI is InChI=1S/C24H31N/c1-3-9-18(10-4-1)24(19-11-5-2-6-12-19)16-15-23-21(17-24)20-13-7-8-14-22(20)25-23/h7-8,13-16,18-19,25H,1-6,9-12,17H2. The Hall–Kier alpha value is -1.50. The van der Waals surface area contributed by atoms with E-state index in [1.807, 2.05) is 0 Å². The van der Waals surface area contributed by atoms with E-state index in [1.54, 1.807) is 5.56 Å². The van der Waals surface area contributed by atoms with Crippen LogP contribution in [0.1, 0.15) is 75.5 Å². The molecule has 0 unspecified atom stereocenters. The molecule has 0 amide bonds. The molecule has 0 atom stereocenters. The van der Waals surface area contributed by atoms with Gasteiger partial charge in [0.15, 0.2) is 0 Å². The quantitative estimate of drug-likeness (QED) is 0.616. The molecule has 1 nitrogen and oxygen atoms in total. The number of hydrogen-bond acceptors (Lipinski definition) is 0. The van der Waals surface area contributed by atoms with Crippen molar-refractivity contribution in [1.82, 2.24) is 4.98 Å². The molecule has 0 spiro atoms. The van der Waals surface area contributed by atoms with Crippen molar-refractivity contribution < 1.29 is 0 Å². The highest BCUT2D eigenvalue weighted by Gasteiger charge is 2.45. The Morgan fingerprint density at radius 2 is 1.44 bits per heavy atom. The first-order valence-corrected chi connectivity index (χ1v) is 10.7. The summed E-state index contributed by atoms with van der Waals surface area (Å²) in [5.74, 6) is 1.81. The fourth-order valence-corrected chi connectivity index (χ4v) is 6.33. The predicted molar refractivity (Wildman–Crippen MR) is 107 cm³/mol. The van der Waals surface area contributed by atoms with Gasteiger partial charge in [-0.05, 0) is 67.1 Å². The van der Waals surface area contributed by atoms with E-state index in [0.717, 1.165) is 11.8 Å². The highest BCUT2D eigenvalue weighted by atomic mass is 14.7. The number of nitrogens with one attached hydrogen (secondary N) is 1. The zero-order valence-corrected chi connectivity index (χ0v) is 15.4. The van der Waals surface area contributed by atoms with Gasteiger partial charge in [-0.1, -0.05) is 62.8 Å². The van der Waals surface area contributed by atoms with E-state index >= 15 is 0 Å². The second kappa shape index (κ2) is 6.34. The van der Waals surface area contributed by atoms with E-state index in [4.69, 9.17) is 0 Å². The molecule has 1 aromatic heterocycles. The maximum absolute atomic E-state index is 3.67. The van der Waals surface area contributed by atoms with Crippen molar-refractivity contribution in [2.24, 2.45) is 17.3 Å². The fourth-order valence-electron chi connectivity index (χ4n) is 6.33. The number of fused-ring (bicyclic) bond motifs is 3. The lowest BCUT2D eigenvalue weighted by Gasteiger charge is -2.49. The first-order chi connectivity index (χ1) is 12.4. The Bertz CT molecular complexity index is 750. The molecule has 132 valence electrons. The van der Waals surface area contributed by atoms with Gasteiger partial charge in [0, 0.05) is 16.6 Å². The van der Waals surface area contributed by atoms with E-state index in [2.05, 4.69) is 41.4 Å². The summed E-state index contributed by atoms with van der Waals surface area (Å²) in [4.78, 5) is 3.67. The van der Waals surface area contributed by atoms with Crippen LogP contribution in [0.2, 0.25) is 0 Å². The molecule has 5 rings (SSSR count). The molecule has 0 bridgehead atoms. The molecule has 1 N–H and O–H groups in total. The summed E-state index contributed by atoms with van der Waals surface area (Å²) < 4.78 is 0. The third-order valence-corrected chi connectivity index (χ3v) is 7.62. The molecule has 2 saturated carbocycles. The average molecular weight is 334 g/mol. The van der Waals surface area contributed by atoms with E-state index < -0.39 is 0 Å². The molecular formula is C24H31N. The molecule has 1 aromatic carbocycles. The number of aromatic nitrogens is 1. The van der Waals surface area contributed by atoms with Gasteiger partial charge in [-0.3, -0.25) is 0 Å². The Morgan fingerprint density at radius 3 is 2.12 bits per heavy atom. The average Bonchev–Trinajstić information content (AvgIpc) is 3.07. The molecule has 3 aliphatic rings. The Morgan fingerprint density at radius 1 is 0.800 bits per heavy atom. The van der Waals surface area contributed by atoms with Crippen molar-refractivity contribution in [3.05, 3.63) is 41.6 Å². The maximum atomic E-state index is 3.67. The Balaban J connectivity index is 1.59. The zero-order chi connectivity index (χ0) is 16.7. The van der Waals surface area contributed by atoms with Crippen LogP contribution in [-0.4, -0.2) is 4.98 Å². The van der Waals surface area contributed by atoms with Gasteiger partial charge in [0.05, 0.1) is 0 Å². The first-order valence-electron chi connectivity index (χ1n) is 10.7. The minimum Gasteiger partial charge on any atom is -0.355 e. The van der Waals surface area contributed by atoms with Crippen molar-refractivity contribution in [2.45, 2.75) is 70.6 Å². The van der Waals surface area contributed by atoms with Crippen LogP contribution in [0.3, 0.4) is 0 Å². The number of para-hydroxylation sites is 1. The Labute approximate surface area is 151 Å². The molecule has 3 aliphatic carbocycles. The van der Waals surface area contributed by atoms with Crippen molar-refractivity contribution >= 4 is 17.0 Å². The zero-order valence-electron chi connectivity index (χ0n) is 15.4. The number of aromatic amines is 1. The molecule has 0 aliphatic heterocycles. The molecule has 1 heteroatoms. The lowest BCUT2D eigenvalue weighted by atomic mass is 9.55. The van der Waals surface area contributed by atoms with Gasteiger partial charge in [0.1, 0.15) is 0 Å². The van der Waals surface area contributed by atoms with Crippen LogP contribution in [0.15, 0.2) is 30.3 Å². The van der Waals surface area contributed by atoms with Crippen LogP contribution in [0.25, 0.3) is 17.0 Å². The van der Waals surface area contributed by atoms with Gasteiger partial charge in [0.25, 0.3) is 0 Å². The second-order valence-corrected chi connectivity index (χ2v) is 8.86. The summed E-state index contributed by atoms with van der Waals surface area (Å²) in [5.41, 5.74) is 4.73. The number of hydrogen-bond donors (Lipinski definition) is 1. The van der Waals surface area contributed by atoms with Crippen LogP contribution >= 0.6 is 0 Å². The van der Waals surface area contributed by atoms with E-state index in [9.17, 15) is 0 Å². The molecule has 2 aromatic rings. The summed E-state index contributed by atoms with van der Waals surface area (Å²) in [6, 6.07) is 8.93. The largest absolute Gasteiger partial charge is 0.355 e. The molecule has 0 saturated heterocycles. The topological polar surface area (TPSA) is 15.8 Å². The molecular weight excluding hydrogens is 302 g/mol. The van der Waals surface area contributed by atoms with Crippen LogP contribution in [0, 0.1) is 17.3 Å². The van der Waals surface area contributed by atoms with Gasteiger partial charge in [-0.15, -0.1) is 0 Å². The van der Waals surface area contributed by atoms with Gasteiger partial charge >= 0.3 is 0 Å². The highest BCUT2D eigenvalue weighted by Crippen LogP contribution is 2.54. The predicted octanol–water partition coefficient (Wildman–Crippen LogP) is 6.88. The Kier molecular flexibility index (Phi) is 3.99. The summed E-state index contributed by atoms with van der Waals surface area (Å²) in [5, 5.41) is 1.47. The minimum absolute atomic E-state index is 0.429. The normalized spacial score (nSPS) is 24.5. The van der Waals surface area contributed by atoms with E-state index in [-0.39, 0.29) is 0 Å². The van der Waals surface area contributed by atoms with Gasteiger partial charge < -0.3 is 4.98 Å². The lowest BCUT2D eigenvalue weighted by molar-refractivity contribution is 0.0688. The summed E-state index contributed by atoms with van der Waals surface area (Å²) in [6.07, 6.45) is 21.0. The lowest BCUT2D eigenvalue weighted by Crippen LogP contribution is -2.41. The molecule has 25 heavy (non-hydrogen) atoms. The van der Waals surface area contributed by atoms with Crippen molar-refractivity contribution in [2.75, 3.05) is 0 Å². The second-order valence-electron chi connectivity index (χ2n) is 8.86. The van der Waals surface area contributed by atoms with Crippen LogP contribution in [-0.2, 0) is 6.42 Å². The summed E-state index contributed by atoms with van der Waals surface area (Å²) in [7, 11) is 0. The first kappa shape index (κ1) is 15.7. The third kappa shape index (κ3) is 2.58. The summed E-state index contributed by atoms with van der Waals surface area (Å²) in [6.45, 7) is 0. The van der Waals surface area contributed by atoms with Crippen molar-refractivity contribution in [3.63, 3.8) is 0 Å². The summed E-state index contributed by atoms with van der Waals surface area (Å²) >= 11 is 0. The maximum Gasteiger partial charge on any atom is 0.0461 e. The van der Waals surface area contributed by atoms with Crippen LogP contribution < -0.4 is 0 Å². The molecule has 0 radical (unpaired) electrons. The number of H-pyrrole nitrogens is 1. The number of rotatable bonds is 2. The fraction of sp³-hybridized carbons (Fsp3) is 0.583. The smallest absolute Gasteiger partial charge is 0.0461 e. The van der Waals surface area contributed by atoms with E-state index in [0.29, 0.717) is 5.41 Å². The molecule has 2 fully saturated rings. The number of benzene rings is 1.